The van der Waals surface area contributed by atoms with E-state index in [1.165, 1.54) is 0 Å². The zero-order valence-corrected chi connectivity index (χ0v) is 8.46. The average molecular weight is 214 g/mol. The molecule has 1 aromatic heterocycles. The monoisotopic (exact) mass is 214 g/mol. The van der Waals surface area contributed by atoms with E-state index in [-0.39, 0.29) is 11.6 Å². The van der Waals surface area contributed by atoms with Crippen molar-refractivity contribution in [1.82, 2.24) is 10.3 Å². The molecule has 0 amide bonds. The van der Waals surface area contributed by atoms with Crippen LogP contribution in [-0.2, 0) is 0 Å². The lowest BCUT2D eigenvalue weighted by Crippen LogP contribution is -2.09. The molecule has 82 valence electrons. The molecule has 0 bridgehead atoms. The van der Waals surface area contributed by atoms with Gasteiger partial charge in [0.05, 0.1) is 5.54 Å². The van der Waals surface area contributed by atoms with Crippen molar-refractivity contribution in [3.05, 3.63) is 10.1 Å². The van der Waals surface area contributed by atoms with Gasteiger partial charge in [-0.25, -0.2) is 14.7 Å². The number of nitrogens with one attached hydrogen (secondary N) is 1. The molecule has 1 rings (SSSR count). The first-order valence-corrected chi connectivity index (χ1v) is 4.05. The van der Waals surface area contributed by atoms with Gasteiger partial charge in [-0.15, -0.1) is 5.11 Å². The summed E-state index contributed by atoms with van der Waals surface area (Å²) in [5, 5.41) is 23.5. The molecule has 1 N–H and O–H groups in total. The van der Waals surface area contributed by atoms with E-state index in [1.54, 1.807) is 5.43 Å². The molecule has 0 aromatic carbocycles. The van der Waals surface area contributed by atoms with E-state index in [0.717, 1.165) is 0 Å². The summed E-state index contributed by atoms with van der Waals surface area (Å²) in [4.78, 5) is 10.1. The molecule has 0 unspecified atom stereocenters. The predicted octanol–water partition coefficient (Wildman–Crippen LogP) is 1.56. The lowest BCUT2D eigenvalue weighted by molar-refractivity contribution is -0.445. The SMILES string of the molecule is CC(C)(C)N=Nc1nonc1N[N+](=O)[O-]. The quantitative estimate of drug-likeness (QED) is 0.463. The normalized spacial score (nSPS) is 11.9. The van der Waals surface area contributed by atoms with Gasteiger partial charge in [-0.2, -0.15) is 5.11 Å². The largest absolute Gasteiger partial charge is 0.281 e. The molecule has 0 spiro atoms. The summed E-state index contributed by atoms with van der Waals surface area (Å²) in [5.41, 5.74) is 1.39. The Morgan fingerprint density at radius 2 is 2.13 bits per heavy atom. The molecule has 9 heteroatoms. The highest BCUT2D eigenvalue weighted by Gasteiger charge is 2.15. The topological polar surface area (TPSA) is 119 Å². The Morgan fingerprint density at radius 3 is 2.67 bits per heavy atom. The standard InChI is InChI=1S/C6H10N6O3/c1-6(2,3)11-7-4-5(8-12(13)14)10-15-9-4/h1-3H3,(H,8,10). The summed E-state index contributed by atoms with van der Waals surface area (Å²) < 4.78 is 4.29. The summed E-state index contributed by atoms with van der Waals surface area (Å²) in [6, 6.07) is 0. The molecule has 0 aliphatic rings. The van der Waals surface area contributed by atoms with E-state index in [9.17, 15) is 10.1 Å². The Bertz CT molecular complexity index is 378. The van der Waals surface area contributed by atoms with Crippen molar-refractivity contribution >= 4 is 11.6 Å². The highest BCUT2D eigenvalue weighted by molar-refractivity contribution is 5.50. The maximum atomic E-state index is 10.1. The van der Waals surface area contributed by atoms with Crippen molar-refractivity contribution in [2.24, 2.45) is 10.2 Å². The van der Waals surface area contributed by atoms with Crippen molar-refractivity contribution < 1.29 is 9.66 Å². The minimum atomic E-state index is -0.782. The molecular weight excluding hydrogens is 204 g/mol. The second-order valence-electron chi connectivity index (χ2n) is 3.68. The smallest absolute Gasteiger partial charge is 0.240 e. The van der Waals surface area contributed by atoms with Crippen LogP contribution in [0.2, 0.25) is 0 Å². The second kappa shape index (κ2) is 3.98. The first-order valence-electron chi connectivity index (χ1n) is 4.05. The van der Waals surface area contributed by atoms with Crippen LogP contribution in [0.15, 0.2) is 14.9 Å². The molecular formula is C6H10N6O3. The molecule has 1 aromatic rings. The van der Waals surface area contributed by atoms with Crippen molar-refractivity contribution in [2.45, 2.75) is 26.3 Å². The van der Waals surface area contributed by atoms with E-state index >= 15 is 0 Å². The first-order chi connectivity index (χ1) is 6.88. The van der Waals surface area contributed by atoms with Gasteiger partial charge < -0.3 is 0 Å². The van der Waals surface area contributed by atoms with Crippen LogP contribution in [0.5, 0.6) is 0 Å². The molecule has 0 saturated carbocycles. The van der Waals surface area contributed by atoms with Gasteiger partial charge in [-0.05, 0) is 31.1 Å². The number of hydrogen-bond donors (Lipinski definition) is 1. The second-order valence-corrected chi connectivity index (χ2v) is 3.68. The number of nitrogens with zero attached hydrogens (tertiary/aromatic N) is 5. The van der Waals surface area contributed by atoms with Crippen LogP contribution in [-0.4, -0.2) is 20.9 Å². The number of anilines is 1. The van der Waals surface area contributed by atoms with Gasteiger partial charge in [0, 0.05) is 0 Å². The Morgan fingerprint density at radius 1 is 1.47 bits per heavy atom. The van der Waals surface area contributed by atoms with Crippen LogP contribution in [0, 0.1) is 10.1 Å². The molecule has 0 aliphatic heterocycles. The fourth-order valence-corrected chi connectivity index (χ4v) is 0.604. The number of azo groups is 1. The van der Waals surface area contributed by atoms with Gasteiger partial charge in [-0.3, -0.25) is 0 Å². The lowest BCUT2D eigenvalue weighted by atomic mass is 10.1. The summed E-state index contributed by atoms with van der Waals surface area (Å²) in [5.74, 6) is -0.227. The highest BCUT2D eigenvalue weighted by Crippen LogP contribution is 2.21. The number of aromatic nitrogens is 2. The fraction of sp³-hybridized carbons (Fsp3) is 0.667. The Balaban J connectivity index is 2.82. The third-order valence-corrected chi connectivity index (χ3v) is 1.11. The highest BCUT2D eigenvalue weighted by atomic mass is 16.7. The summed E-state index contributed by atoms with van der Waals surface area (Å²) in [6.45, 7) is 5.47. The predicted molar refractivity (Wildman–Crippen MR) is 49.2 cm³/mol. The molecule has 15 heavy (non-hydrogen) atoms. The Hall–Kier alpha value is -2.06. The van der Waals surface area contributed by atoms with E-state index < -0.39 is 10.6 Å². The van der Waals surface area contributed by atoms with Gasteiger partial charge in [0.1, 0.15) is 0 Å². The Labute approximate surface area is 84.6 Å². The Kier molecular flexibility index (Phi) is 2.93. The average Bonchev–Trinajstić information content (AvgIpc) is 2.46. The maximum Gasteiger partial charge on any atom is 0.281 e. The molecule has 0 aliphatic carbocycles. The maximum absolute atomic E-state index is 10.1. The van der Waals surface area contributed by atoms with Crippen molar-refractivity contribution in [2.75, 3.05) is 5.43 Å². The number of hydrazine groups is 1. The molecule has 0 fully saturated rings. The van der Waals surface area contributed by atoms with Crippen LogP contribution in [0.3, 0.4) is 0 Å². The molecule has 9 nitrogen and oxygen atoms in total. The minimum Gasteiger partial charge on any atom is -0.240 e. The minimum absolute atomic E-state index is 0.0541. The molecule has 0 atom stereocenters. The molecule has 0 radical (unpaired) electrons. The van der Waals surface area contributed by atoms with E-state index in [2.05, 4.69) is 25.2 Å². The zero-order valence-electron chi connectivity index (χ0n) is 8.46. The molecule has 0 saturated heterocycles. The van der Waals surface area contributed by atoms with Crippen LogP contribution in [0.1, 0.15) is 20.8 Å². The summed E-state index contributed by atoms with van der Waals surface area (Å²) in [7, 11) is 0. The van der Waals surface area contributed by atoms with Crippen LogP contribution >= 0.6 is 0 Å². The van der Waals surface area contributed by atoms with E-state index in [0.29, 0.717) is 0 Å². The van der Waals surface area contributed by atoms with Crippen molar-refractivity contribution in [1.29, 1.82) is 0 Å². The van der Waals surface area contributed by atoms with Gasteiger partial charge >= 0.3 is 0 Å². The van der Waals surface area contributed by atoms with E-state index in [1.807, 2.05) is 20.8 Å². The fourth-order valence-electron chi connectivity index (χ4n) is 0.604. The number of nitro groups is 1. The summed E-state index contributed by atoms with van der Waals surface area (Å²) in [6.07, 6.45) is 0. The van der Waals surface area contributed by atoms with Crippen LogP contribution < -0.4 is 5.43 Å². The van der Waals surface area contributed by atoms with Gasteiger partial charge in [0.25, 0.3) is 11.6 Å². The summed E-state index contributed by atoms with van der Waals surface area (Å²) >= 11 is 0. The zero-order chi connectivity index (χ0) is 11.5. The lowest BCUT2D eigenvalue weighted by Gasteiger charge is -2.07. The van der Waals surface area contributed by atoms with Crippen molar-refractivity contribution in [3.63, 3.8) is 0 Å². The number of hydrogen-bond acceptors (Lipinski definition) is 7. The molecule has 1 heterocycles. The van der Waals surface area contributed by atoms with E-state index in [4.69, 9.17) is 0 Å². The number of rotatable bonds is 3. The van der Waals surface area contributed by atoms with Crippen LogP contribution in [0.25, 0.3) is 0 Å². The third kappa shape index (κ3) is 3.67. The first kappa shape index (κ1) is 11.0. The van der Waals surface area contributed by atoms with Crippen LogP contribution in [0.4, 0.5) is 11.6 Å². The van der Waals surface area contributed by atoms with Gasteiger partial charge in [-0.1, -0.05) is 5.43 Å². The van der Waals surface area contributed by atoms with Crippen molar-refractivity contribution in [3.8, 4) is 0 Å². The van der Waals surface area contributed by atoms with Gasteiger partial charge in [0.2, 0.25) is 0 Å². The van der Waals surface area contributed by atoms with Gasteiger partial charge in [0.15, 0.2) is 5.03 Å². The third-order valence-electron chi connectivity index (χ3n) is 1.11.